The van der Waals surface area contributed by atoms with Crippen molar-refractivity contribution in [2.75, 3.05) is 13.2 Å². The Morgan fingerprint density at radius 2 is 1.58 bits per heavy atom. The zero-order chi connectivity index (χ0) is 17.7. The first kappa shape index (κ1) is 17.6. The third-order valence-electron chi connectivity index (χ3n) is 3.72. The average molecular weight is 330 g/mol. The average Bonchev–Trinajstić information content (AvgIpc) is 2.55. The van der Waals surface area contributed by atoms with Crippen molar-refractivity contribution in [3.63, 3.8) is 0 Å². The number of allylic oxidation sites excluding steroid dienone is 1. The third kappa shape index (κ3) is 3.42. The van der Waals surface area contributed by atoms with Crippen LogP contribution in [0, 0.1) is 0 Å². The summed E-state index contributed by atoms with van der Waals surface area (Å²) >= 11 is 0. The quantitative estimate of drug-likeness (QED) is 0.802. The van der Waals surface area contributed by atoms with E-state index in [1.807, 2.05) is 30.3 Å². The molecule has 0 aromatic heterocycles. The maximum atomic E-state index is 12.5. The van der Waals surface area contributed by atoms with Gasteiger partial charge in [0.15, 0.2) is 0 Å². The van der Waals surface area contributed by atoms with Crippen molar-refractivity contribution in [3.05, 3.63) is 58.6 Å². The van der Waals surface area contributed by atoms with Crippen LogP contribution in [0.1, 0.15) is 32.3 Å². The molecule has 1 unspecified atom stereocenters. The molecule has 0 bridgehead atoms. The number of nitrogens with two attached hydrogens (primary N) is 1. The van der Waals surface area contributed by atoms with Gasteiger partial charge in [0.2, 0.25) is 0 Å². The second kappa shape index (κ2) is 7.68. The first-order valence-corrected chi connectivity index (χ1v) is 7.87. The molecule has 0 saturated carbocycles. The number of esters is 2. The fourth-order valence-electron chi connectivity index (χ4n) is 2.75. The Balaban J connectivity index is 2.59. The third-order valence-corrected chi connectivity index (χ3v) is 3.72. The van der Waals surface area contributed by atoms with Gasteiger partial charge >= 0.3 is 11.9 Å². The van der Waals surface area contributed by atoms with Gasteiger partial charge in [-0.15, -0.1) is 0 Å². The summed E-state index contributed by atoms with van der Waals surface area (Å²) in [6.07, 6.45) is 0. The number of carbonyl (C=O) groups is 2. The highest BCUT2D eigenvalue weighted by Crippen LogP contribution is 2.38. The van der Waals surface area contributed by atoms with Crippen molar-refractivity contribution in [2.45, 2.75) is 26.7 Å². The summed E-state index contributed by atoms with van der Waals surface area (Å²) in [5.41, 5.74) is 7.96. The van der Waals surface area contributed by atoms with Gasteiger partial charge in [-0.05, 0) is 26.3 Å². The van der Waals surface area contributed by atoms with E-state index < -0.39 is 17.9 Å². The minimum atomic E-state index is -0.634. The van der Waals surface area contributed by atoms with Crippen LogP contribution in [0.5, 0.6) is 0 Å². The predicted octanol–water partition coefficient (Wildman–Crippen LogP) is 1.94. The van der Waals surface area contributed by atoms with Gasteiger partial charge in [0.05, 0.1) is 30.3 Å². The minimum absolute atomic E-state index is 0.188. The zero-order valence-electron chi connectivity index (χ0n) is 14.1. The predicted molar refractivity (Wildman–Crippen MR) is 89.5 cm³/mol. The van der Waals surface area contributed by atoms with Gasteiger partial charge in [-0.2, -0.15) is 0 Å². The second-order valence-electron chi connectivity index (χ2n) is 5.28. The lowest BCUT2D eigenvalue weighted by Crippen LogP contribution is -2.36. The van der Waals surface area contributed by atoms with Gasteiger partial charge in [-0.1, -0.05) is 30.3 Å². The lowest BCUT2D eigenvalue weighted by Gasteiger charge is -2.29. The number of dihydropyridines is 1. The summed E-state index contributed by atoms with van der Waals surface area (Å²) in [6.45, 7) is 5.64. The molecule has 3 N–H and O–H groups in total. The highest BCUT2D eigenvalue weighted by molar-refractivity contribution is 5.99. The number of hydrogen-bond donors (Lipinski definition) is 2. The van der Waals surface area contributed by atoms with Crippen LogP contribution in [0.15, 0.2) is 53.0 Å². The Morgan fingerprint density at radius 1 is 1.04 bits per heavy atom. The standard InChI is InChI=1S/C18H22N2O4/c1-4-23-17(21)13-11(3)20-16(19)15(18(22)24-5-2)14(13)12-9-7-6-8-10-12/h6-10,14,20H,4-5,19H2,1-3H3. The molecule has 6 heteroatoms. The Kier molecular flexibility index (Phi) is 5.63. The normalized spacial score (nSPS) is 17.4. The van der Waals surface area contributed by atoms with E-state index in [-0.39, 0.29) is 24.6 Å². The van der Waals surface area contributed by atoms with Crippen LogP contribution >= 0.6 is 0 Å². The minimum Gasteiger partial charge on any atom is -0.463 e. The fourth-order valence-corrected chi connectivity index (χ4v) is 2.75. The Bertz CT molecular complexity index is 652. The Hall–Kier alpha value is -2.76. The summed E-state index contributed by atoms with van der Waals surface area (Å²) in [5, 5.41) is 2.89. The molecule has 1 aliphatic rings. The number of nitrogens with one attached hydrogen (secondary N) is 1. The maximum Gasteiger partial charge on any atom is 0.338 e. The molecule has 128 valence electrons. The molecule has 24 heavy (non-hydrogen) atoms. The molecule has 0 amide bonds. The van der Waals surface area contributed by atoms with Gasteiger partial charge in [0, 0.05) is 5.70 Å². The van der Waals surface area contributed by atoms with Crippen LogP contribution in [0.2, 0.25) is 0 Å². The van der Waals surface area contributed by atoms with E-state index in [1.165, 1.54) is 0 Å². The van der Waals surface area contributed by atoms with Crippen LogP contribution in [-0.2, 0) is 19.1 Å². The highest BCUT2D eigenvalue weighted by atomic mass is 16.5. The smallest absolute Gasteiger partial charge is 0.338 e. The van der Waals surface area contributed by atoms with Crippen LogP contribution in [0.4, 0.5) is 0 Å². The zero-order valence-corrected chi connectivity index (χ0v) is 14.1. The first-order valence-electron chi connectivity index (χ1n) is 7.87. The Labute approximate surface area is 141 Å². The van der Waals surface area contributed by atoms with E-state index in [0.717, 1.165) is 5.56 Å². The number of hydrogen-bond acceptors (Lipinski definition) is 6. The fraction of sp³-hybridized carbons (Fsp3) is 0.333. The van der Waals surface area contributed by atoms with E-state index in [9.17, 15) is 9.59 Å². The molecule has 1 aromatic carbocycles. The lowest BCUT2D eigenvalue weighted by molar-refractivity contribution is -0.139. The van der Waals surface area contributed by atoms with Crippen LogP contribution in [0.25, 0.3) is 0 Å². The molecule has 0 radical (unpaired) electrons. The van der Waals surface area contributed by atoms with Crippen molar-refractivity contribution in [1.29, 1.82) is 0 Å². The highest BCUT2D eigenvalue weighted by Gasteiger charge is 2.38. The number of benzene rings is 1. The summed E-state index contributed by atoms with van der Waals surface area (Å²) in [5.74, 6) is -1.48. The summed E-state index contributed by atoms with van der Waals surface area (Å²) in [4.78, 5) is 24.9. The van der Waals surface area contributed by atoms with Crippen molar-refractivity contribution in [2.24, 2.45) is 5.73 Å². The topological polar surface area (TPSA) is 90.6 Å². The van der Waals surface area contributed by atoms with Crippen molar-refractivity contribution in [1.82, 2.24) is 5.32 Å². The van der Waals surface area contributed by atoms with Gasteiger partial charge < -0.3 is 20.5 Å². The Morgan fingerprint density at radius 3 is 2.12 bits per heavy atom. The second-order valence-corrected chi connectivity index (χ2v) is 5.28. The largest absolute Gasteiger partial charge is 0.463 e. The maximum absolute atomic E-state index is 12.5. The summed E-state index contributed by atoms with van der Waals surface area (Å²) in [7, 11) is 0. The molecule has 1 atom stereocenters. The van der Waals surface area contributed by atoms with Gasteiger partial charge in [0.1, 0.15) is 5.82 Å². The van der Waals surface area contributed by atoms with Crippen molar-refractivity contribution < 1.29 is 19.1 Å². The molecule has 2 rings (SSSR count). The summed E-state index contributed by atoms with van der Waals surface area (Å²) in [6, 6.07) is 9.23. The number of carbonyl (C=O) groups excluding carboxylic acids is 2. The van der Waals surface area contributed by atoms with Gasteiger partial charge in [-0.3, -0.25) is 0 Å². The van der Waals surface area contributed by atoms with Gasteiger partial charge in [0.25, 0.3) is 0 Å². The van der Waals surface area contributed by atoms with E-state index in [1.54, 1.807) is 20.8 Å². The molecule has 1 aliphatic heterocycles. The lowest BCUT2D eigenvalue weighted by atomic mass is 9.81. The van der Waals surface area contributed by atoms with Crippen LogP contribution < -0.4 is 11.1 Å². The van der Waals surface area contributed by atoms with E-state index in [2.05, 4.69) is 5.32 Å². The van der Waals surface area contributed by atoms with Gasteiger partial charge in [-0.25, -0.2) is 9.59 Å². The summed E-state index contributed by atoms with van der Waals surface area (Å²) < 4.78 is 10.3. The first-order chi connectivity index (χ1) is 11.5. The van der Waals surface area contributed by atoms with E-state index in [4.69, 9.17) is 15.2 Å². The number of rotatable bonds is 5. The molecule has 0 spiro atoms. The van der Waals surface area contributed by atoms with E-state index >= 15 is 0 Å². The van der Waals surface area contributed by atoms with Crippen LogP contribution in [-0.4, -0.2) is 25.2 Å². The molecule has 6 nitrogen and oxygen atoms in total. The van der Waals surface area contributed by atoms with Crippen molar-refractivity contribution >= 4 is 11.9 Å². The molecule has 0 saturated heterocycles. The molecule has 0 aliphatic carbocycles. The monoisotopic (exact) mass is 330 g/mol. The SMILES string of the molecule is CCOC(=O)C1=C(C)NC(N)=C(C(=O)OCC)C1c1ccccc1. The van der Waals surface area contributed by atoms with Crippen molar-refractivity contribution in [3.8, 4) is 0 Å². The molecule has 0 fully saturated rings. The molecular weight excluding hydrogens is 308 g/mol. The van der Waals surface area contributed by atoms with Crippen LogP contribution in [0.3, 0.4) is 0 Å². The number of ether oxygens (including phenoxy) is 2. The molecule has 1 heterocycles. The molecular formula is C18H22N2O4. The van der Waals surface area contributed by atoms with E-state index in [0.29, 0.717) is 11.3 Å². The molecule has 1 aromatic rings.